The van der Waals surface area contributed by atoms with Gasteiger partial charge in [-0.05, 0) is 58.2 Å². The summed E-state index contributed by atoms with van der Waals surface area (Å²) in [4.78, 5) is 0. The Labute approximate surface area is 134 Å². The van der Waals surface area contributed by atoms with Gasteiger partial charge < -0.3 is 14.8 Å². The van der Waals surface area contributed by atoms with E-state index in [0.29, 0.717) is 0 Å². The summed E-state index contributed by atoms with van der Waals surface area (Å²) in [5.41, 5.74) is 2.42. The molecule has 0 aliphatic heterocycles. The number of methoxy groups -OCH3 is 2. The van der Waals surface area contributed by atoms with E-state index in [2.05, 4.69) is 52.4 Å². The molecule has 0 saturated heterocycles. The SMILES string of the molecule is COc1cccc(C(C)NCc2ccc(OC)c(Br)c2)c1. The van der Waals surface area contributed by atoms with Gasteiger partial charge in [-0.3, -0.25) is 0 Å². The van der Waals surface area contributed by atoms with Gasteiger partial charge in [0.1, 0.15) is 11.5 Å². The molecular formula is C17H20BrNO2. The lowest BCUT2D eigenvalue weighted by Gasteiger charge is -2.15. The van der Waals surface area contributed by atoms with E-state index in [1.807, 2.05) is 18.2 Å². The normalized spacial score (nSPS) is 12.0. The van der Waals surface area contributed by atoms with Gasteiger partial charge in [-0.2, -0.15) is 0 Å². The van der Waals surface area contributed by atoms with Crippen molar-refractivity contribution >= 4 is 15.9 Å². The first-order chi connectivity index (χ1) is 10.1. The second-order valence-electron chi connectivity index (χ2n) is 4.85. The van der Waals surface area contributed by atoms with E-state index in [1.165, 1.54) is 11.1 Å². The first-order valence-corrected chi connectivity index (χ1v) is 7.63. The number of ether oxygens (including phenoxy) is 2. The number of hydrogen-bond acceptors (Lipinski definition) is 3. The molecule has 4 heteroatoms. The van der Waals surface area contributed by atoms with Gasteiger partial charge in [0.2, 0.25) is 0 Å². The molecule has 0 aliphatic carbocycles. The van der Waals surface area contributed by atoms with Crippen molar-refractivity contribution in [1.82, 2.24) is 5.32 Å². The first-order valence-electron chi connectivity index (χ1n) is 6.83. The smallest absolute Gasteiger partial charge is 0.133 e. The van der Waals surface area contributed by atoms with Crippen LogP contribution in [0, 0.1) is 0 Å². The van der Waals surface area contributed by atoms with Crippen molar-refractivity contribution in [1.29, 1.82) is 0 Å². The summed E-state index contributed by atoms with van der Waals surface area (Å²) < 4.78 is 11.5. The van der Waals surface area contributed by atoms with E-state index in [1.54, 1.807) is 14.2 Å². The second kappa shape index (κ2) is 7.48. The van der Waals surface area contributed by atoms with Gasteiger partial charge in [-0.1, -0.05) is 18.2 Å². The van der Waals surface area contributed by atoms with Gasteiger partial charge in [0.15, 0.2) is 0 Å². The number of hydrogen-bond donors (Lipinski definition) is 1. The Balaban J connectivity index is 2.00. The van der Waals surface area contributed by atoms with Crippen LogP contribution in [-0.4, -0.2) is 14.2 Å². The number of halogens is 1. The summed E-state index contributed by atoms with van der Waals surface area (Å²) in [5, 5.41) is 3.51. The predicted molar refractivity (Wildman–Crippen MR) is 88.9 cm³/mol. The number of nitrogens with one attached hydrogen (secondary N) is 1. The molecule has 1 unspecified atom stereocenters. The average Bonchev–Trinajstić information content (AvgIpc) is 2.52. The maximum Gasteiger partial charge on any atom is 0.133 e. The zero-order valence-corrected chi connectivity index (χ0v) is 14.1. The van der Waals surface area contributed by atoms with E-state index >= 15 is 0 Å². The van der Waals surface area contributed by atoms with Crippen molar-refractivity contribution in [2.45, 2.75) is 19.5 Å². The van der Waals surface area contributed by atoms with Crippen molar-refractivity contribution in [3.8, 4) is 11.5 Å². The fraction of sp³-hybridized carbons (Fsp3) is 0.294. The molecule has 0 amide bonds. The highest BCUT2D eigenvalue weighted by Crippen LogP contribution is 2.26. The standard InChI is InChI=1S/C17H20BrNO2/c1-12(14-5-4-6-15(10-14)20-2)19-11-13-7-8-17(21-3)16(18)9-13/h4-10,12,19H,11H2,1-3H3. The summed E-state index contributed by atoms with van der Waals surface area (Å²) in [5.74, 6) is 1.73. The molecule has 0 aliphatic rings. The second-order valence-corrected chi connectivity index (χ2v) is 5.70. The maximum absolute atomic E-state index is 5.26. The molecule has 2 aromatic rings. The van der Waals surface area contributed by atoms with Crippen molar-refractivity contribution in [2.75, 3.05) is 14.2 Å². The molecule has 0 heterocycles. The predicted octanol–water partition coefficient (Wildman–Crippen LogP) is 4.32. The van der Waals surface area contributed by atoms with Crippen LogP contribution in [0.5, 0.6) is 11.5 Å². The molecule has 1 N–H and O–H groups in total. The zero-order valence-electron chi connectivity index (χ0n) is 12.5. The Kier molecular flexibility index (Phi) is 5.65. The van der Waals surface area contributed by atoms with Crippen LogP contribution in [0.3, 0.4) is 0 Å². The van der Waals surface area contributed by atoms with Crippen molar-refractivity contribution in [3.63, 3.8) is 0 Å². The lowest BCUT2D eigenvalue weighted by molar-refractivity contribution is 0.411. The highest BCUT2D eigenvalue weighted by atomic mass is 79.9. The molecule has 112 valence electrons. The van der Waals surface area contributed by atoms with Crippen molar-refractivity contribution in [2.24, 2.45) is 0 Å². The van der Waals surface area contributed by atoms with Crippen LogP contribution in [0.1, 0.15) is 24.1 Å². The summed E-state index contributed by atoms with van der Waals surface area (Å²) in [6, 6.07) is 14.5. The van der Waals surface area contributed by atoms with Crippen LogP contribution in [0.25, 0.3) is 0 Å². The Morgan fingerprint density at radius 1 is 1.10 bits per heavy atom. The Bertz CT molecular complexity index is 601. The van der Waals surface area contributed by atoms with Gasteiger partial charge in [-0.25, -0.2) is 0 Å². The minimum Gasteiger partial charge on any atom is -0.497 e. The van der Waals surface area contributed by atoms with Gasteiger partial charge in [0.05, 0.1) is 18.7 Å². The zero-order chi connectivity index (χ0) is 15.2. The van der Waals surface area contributed by atoms with Crippen LogP contribution in [0.15, 0.2) is 46.9 Å². The van der Waals surface area contributed by atoms with E-state index in [0.717, 1.165) is 22.5 Å². The summed E-state index contributed by atoms with van der Waals surface area (Å²) in [6.45, 7) is 2.94. The fourth-order valence-corrected chi connectivity index (χ4v) is 2.71. The first kappa shape index (κ1) is 15.9. The largest absolute Gasteiger partial charge is 0.497 e. The molecule has 0 bridgehead atoms. The minimum atomic E-state index is 0.251. The topological polar surface area (TPSA) is 30.5 Å². The van der Waals surface area contributed by atoms with Gasteiger partial charge in [0, 0.05) is 12.6 Å². The Hall–Kier alpha value is -1.52. The van der Waals surface area contributed by atoms with Crippen LogP contribution < -0.4 is 14.8 Å². The summed E-state index contributed by atoms with van der Waals surface area (Å²) in [6.07, 6.45) is 0. The summed E-state index contributed by atoms with van der Waals surface area (Å²) >= 11 is 3.51. The lowest BCUT2D eigenvalue weighted by Crippen LogP contribution is -2.18. The third kappa shape index (κ3) is 4.22. The van der Waals surface area contributed by atoms with E-state index < -0.39 is 0 Å². The molecule has 0 fully saturated rings. The molecule has 0 aromatic heterocycles. The van der Waals surface area contributed by atoms with Gasteiger partial charge in [-0.15, -0.1) is 0 Å². The highest BCUT2D eigenvalue weighted by Gasteiger charge is 2.07. The molecule has 0 radical (unpaired) electrons. The summed E-state index contributed by atoms with van der Waals surface area (Å²) in [7, 11) is 3.36. The van der Waals surface area contributed by atoms with Gasteiger partial charge >= 0.3 is 0 Å². The molecule has 1 atom stereocenters. The van der Waals surface area contributed by atoms with Crippen LogP contribution in [0.4, 0.5) is 0 Å². The van der Waals surface area contributed by atoms with Crippen molar-refractivity contribution < 1.29 is 9.47 Å². The molecule has 0 saturated carbocycles. The molecule has 21 heavy (non-hydrogen) atoms. The van der Waals surface area contributed by atoms with Crippen LogP contribution >= 0.6 is 15.9 Å². The van der Waals surface area contributed by atoms with Crippen molar-refractivity contribution in [3.05, 3.63) is 58.1 Å². The number of benzene rings is 2. The van der Waals surface area contributed by atoms with Crippen LogP contribution in [0.2, 0.25) is 0 Å². The van der Waals surface area contributed by atoms with Crippen LogP contribution in [-0.2, 0) is 6.54 Å². The third-order valence-corrected chi connectivity index (χ3v) is 4.04. The molecule has 2 aromatic carbocycles. The lowest BCUT2D eigenvalue weighted by atomic mass is 10.1. The highest BCUT2D eigenvalue weighted by molar-refractivity contribution is 9.10. The average molecular weight is 350 g/mol. The fourth-order valence-electron chi connectivity index (χ4n) is 2.12. The molecule has 2 rings (SSSR count). The quantitative estimate of drug-likeness (QED) is 0.842. The molecule has 0 spiro atoms. The monoisotopic (exact) mass is 349 g/mol. The van der Waals surface area contributed by atoms with Gasteiger partial charge in [0.25, 0.3) is 0 Å². The van der Waals surface area contributed by atoms with E-state index in [4.69, 9.17) is 9.47 Å². The third-order valence-electron chi connectivity index (χ3n) is 3.42. The maximum atomic E-state index is 5.26. The Morgan fingerprint density at radius 3 is 2.57 bits per heavy atom. The van der Waals surface area contributed by atoms with E-state index in [-0.39, 0.29) is 6.04 Å². The van der Waals surface area contributed by atoms with E-state index in [9.17, 15) is 0 Å². The number of rotatable bonds is 6. The molecule has 3 nitrogen and oxygen atoms in total. The Morgan fingerprint density at radius 2 is 1.90 bits per heavy atom. The minimum absolute atomic E-state index is 0.251. The molecular weight excluding hydrogens is 330 g/mol.